The van der Waals surface area contributed by atoms with Crippen LogP contribution in [-0.2, 0) is 4.79 Å². The van der Waals surface area contributed by atoms with Crippen LogP contribution in [0.4, 0.5) is 5.69 Å². The van der Waals surface area contributed by atoms with Gasteiger partial charge in [-0.3, -0.25) is 4.79 Å². The second-order valence-corrected chi connectivity index (χ2v) is 7.84. The number of hydrogen-bond acceptors (Lipinski definition) is 3. The van der Waals surface area contributed by atoms with Gasteiger partial charge in [-0.25, -0.2) is 4.98 Å². The molecule has 1 spiro atoms. The Morgan fingerprint density at radius 3 is 2.65 bits per heavy atom. The van der Waals surface area contributed by atoms with Crippen molar-refractivity contribution in [1.82, 2.24) is 15.3 Å². The van der Waals surface area contributed by atoms with Crippen molar-refractivity contribution in [3.63, 3.8) is 0 Å². The third kappa shape index (κ3) is 3.32. The molecule has 7 heteroatoms. The molecule has 1 unspecified atom stereocenters. The first-order chi connectivity index (χ1) is 11.7. The molecule has 3 N–H and O–H groups in total. The van der Waals surface area contributed by atoms with E-state index in [1.807, 2.05) is 18.2 Å². The first-order valence-corrected chi connectivity index (χ1v) is 9.25. The highest BCUT2D eigenvalue weighted by molar-refractivity contribution is 5.96. The van der Waals surface area contributed by atoms with Gasteiger partial charge in [0.15, 0.2) is 0 Å². The number of carbonyl (C=O) groups excluding carboxylic acids is 1. The molecule has 1 atom stereocenters. The number of amides is 1. The Morgan fingerprint density at radius 2 is 1.96 bits per heavy atom. The number of fused-ring (bicyclic) bond motifs is 1. The fraction of sp³-hybridized carbons (Fsp3) is 0.579. The number of nitrogens with one attached hydrogen (secondary N) is 3. The van der Waals surface area contributed by atoms with Crippen LogP contribution in [-0.4, -0.2) is 29.0 Å². The minimum atomic E-state index is 0. The molecule has 0 bridgehead atoms. The van der Waals surface area contributed by atoms with Crippen molar-refractivity contribution >= 4 is 47.4 Å². The topological polar surface area (TPSA) is 69.8 Å². The first-order valence-electron chi connectivity index (χ1n) is 9.25. The number of hydrogen-bond donors (Lipinski definition) is 3. The number of rotatable bonds is 3. The summed E-state index contributed by atoms with van der Waals surface area (Å²) in [7, 11) is 0. The van der Waals surface area contributed by atoms with Gasteiger partial charge in [0.05, 0.1) is 11.0 Å². The fourth-order valence-electron chi connectivity index (χ4n) is 4.41. The molecule has 3 aliphatic rings. The van der Waals surface area contributed by atoms with E-state index in [1.165, 1.54) is 19.3 Å². The molecule has 142 valence electrons. The average Bonchev–Trinajstić information content (AvgIpc) is 3.06. The van der Waals surface area contributed by atoms with Crippen molar-refractivity contribution in [2.45, 2.75) is 44.4 Å². The van der Waals surface area contributed by atoms with Crippen molar-refractivity contribution in [2.24, 2.45) is 11.3 Å². The minimum Gasteiger partial charge on any atom is -0.342 e. The number of imidazole rings is 1. The summed E-state index contributed by atoms with van der Waals surface area (Å²) in [5, 5.41) is 6.51. The van der Waals surface area contributed by atoms with Crippen LogP contribution in [0.1, 0.15) is 50.3 Å². The SMILES string of the molecule is Cl.Cl.O=C(Nc1ccc2nc(C3CCC3)[nH]c2c1)C1CC12CCNCC2. The van der Waals surface area contributed by atoms with Gasteiger partial charge in [0.1, 0.15) is 5.82 Å². The summed E-state index contributed by atoms with van der Waals surface area (Å²) >= 11 is 0. The molecule has 2 aromatic rings. The van der Waals surface area contributed by atoms with E-state index in [9.17, 15) is 4.79 Å². The quantitative estimate of drug-likeness (QED) is 0.733. The normalized spacial score (nSPS) is 23.6. The maximum atomic E-state index is 12.6. The van der Waals surface area contributed by atoms with Crippen molar-refractivity contribution in [2.75, 3.05) is 18.4 Å². The first kappa shape index (κ1) is 19.5. The van der Waals surface area contributed by atoms with Crippen molar-refractivity contribution in [3.05, 3.63) is 24.0 Å². The second kappa shape index (κ2) is 7.37. The van der Waals surface area contributed by atoms with Gasteiger partial charge in [-0.05, 0) is 68.8 Å². The summed E-state index contributed by atoms with van der Waals surface area (Å²) in [6.07, 6.45) is 7.11. The predicted octanol–water partition coefficient (Wildman–Crippen LogP) is 4.00. The van der Waals surface area contributed by atoms with Crippen LogP contribution in [0.25, 0.3) is 11.0 Å². The zero-order chi connectivity index (χ0) is 16.1. The van der Waals surface area contributed by atoms with Gasteiger partial charge < -0.3 is 15.6 Å². The highest BCUT2D eigenvalue weighted by atomic mass is 35.5. The van der Waals surface area contributed by atoms with Crippen LogP contribution in [0.3, 0.4) is 0 Å². The lowest BCUT2D eigenvalue weighted by molar-refractivity contribution is -0.118. The van der Waals surface area contributed by atoms with E-state index in [0.29, 0.717) is 5.92 Å². The van der Waals surface area contributed by atoms with Crippen LogP contribution in [0.15, 0.2) is 18.2 Å². The Kier molecular flexibility index (Phi) is 5.52. The van der Waals surface area contributed by atoms with Crippen LogP contribution >= 0.6 is 24.8 Å². The van der Waals surface area contributed by atoms with Gasteiger partial charge in [-0.2, -0.15) is 0 Å². The number of H-pyrrole nitrogens is 1. The van der Waals surface area contributed by atoms with Crippen molar-refractivity contribution < 1.29 is 4.79 Å². The Hall–Kier alpha value is -1.30. The van der Waals surface area contributed by atoms with Crippen LogP contribution in [0, 0.1) is 11.3 Å². The van der Waals surface area contributed by atoms with E-state index in [-0.39, 0.29) is 42.1 Å². The molecule has 5 nitrogen and oxygen atoms in total. The smallest absolute Gasteiger partial charge is 0.228 e. The predicted molar refractivity (Wildman–Crippen MR) is 108 cm³/mol. The van der Waals surface area contributed by atoms with Crippen molar-refractivity contribution in [1.29, 1.82) is 0 Å². The highest BCUT2D eigenvalue weighted by Gasteiger charge is 2.57. The van der Waals surface area contributed by atoms with Gasteiger partial charge in [0.2, 0.25) is 5.91 Å². The number of carbonyl (C=O) groups is 1. The van der Waals surface area contributed by atoms with Gasteiger partial charge >= 0.3 is 0 Å². The van der Waals surface area contributed by atoms with Gasteiger partial charge in [0, 0.05) is 17.5 Å². The Labute approximate surface area is 165 Å². The van der Waals surface area contributed by atoms with Crippen LogP contribution in [0.2, 0.25) is 0 Å². The molecule has 1 aliphatic heterocycles. The maximum Gasteiger partial charge on any atom is 0.228 e. The lowest BCUT2D eigenvalue weighted by Crippen LogP contribution is -2.31. The Bertz CT molecular complexity index is 796. The standard InChI is InChI=1S/C19H24N4O.2ClH/c24-18(14-11-19(14)6-8-20-9-7-19)21-13-4-5-15-16(10-13)23-17(22-15)12-2-1-3-12;;/h4-5,10,12,14,20H,1-3,6-9,11H2,(H,21,24)(H,22,23);2*1H. The Balaban J connectivity index is 0.000000980. The summed E-state index contributed by atoms with van der Waals surface area (Å²) in [5.74, 6) is 2.09. The fourth-order valence-corrected chi connectivity index (χ4v) is 4.41. The zero-order valence-corrected chi connectivity index (χ0v) is 16.3. The summed E-state index contributed by atoms with van der Waals surface area (Å²) in [6.45, 7) is 2.10. The number of anilines is 1. The summed E-state index contributed by atoms with van der Waals surface area (Å²) < 4.78 is 0. The maximum absolute atomic E-state index is 12.6. The van der Waals surface area contributed by atoms with E-state index < -0.39 is 0 Å². The van der Waals surface area contributed by atoms with Gasteiger partial charge in [0.25, 0.3) is 0 Å². The second-order valence-electron chi connectivity index (χ2n) is 7.84. The molecule has 3 fully saturated rings. The van der Waals surface area contributed by atoms with E-state index in [1.54, 1.807) is 0 Å². The summed E-state index contributed by atoms with van der Waals surface area (Å²) in [5.41, 5.74) is 3.19. The highest BCUT2D eigenvalue weighted by Crippen LogP contribution is 2.58. The molecular weight excluding hydrogens is 371 g/mol. The monoisotopic (exact) mass is 396 g/mol. The molecule has 2 aliphatic carbocycles. The van der Waals surface area contributed by atoms with E-state index in [2.05, 4.69) is 15.6 Å². The summed E-state index contributed by atoms with van der Waals surface area (Å²) in [6, 6.07) is 6.01. The molecule has 1 aromatic carbocycles. The van der Waals surface area contributed by atoms with Gasteiger partial charge in [-0.1, -0.05) is 6.42 Å². The molecule has 2 saturated carbocycles. The largest absolute Gasteiger partial charge is 0.342 e. The van der Waals surface area contributed by atoms with E-state index in [0.717, 1.165) is 54.9 Å². The number of nitrogens with zero attached hydrogens (tertiary/aromatic N) is 1. The third-order valence-corrected chi connectivity index (χ3v) is 6.37. The lowest BCUT2D eigenvalue weighted by atomic mass is 9.85. The molecule has 1 saturated heterocycles. The number of aromatic amines is 1. The molecule has 1 aromatic heterocycles. The molecule has 5 rings (SSSR count). The van der Waals surface area contributed by atoms with E-state index >= 15 is 0 Å². The number of piperidine rings is 1. The lowest BCUT2D eigenvalue weighted by Gasteiger charge is -2.23. The van der Waals surface area contributed by atoms with Crippen molar-refractivity contribution in [3.8, 4) is 0 Å². The molecule has 26 heavy (non-hydrogen) atoms. The molecular formula is C19H26Cl2N4O. The third-order valence-electron chi connectivity index (χ3n) is 6.37. The van der Waals surface area contributed by atoms with Crippen LogP contribution < -0.4 is 10.6 Å². The Morgan fingerprint density at radius 1 is 1.19 bits per heavy atom. The number of halogens is 2. The number of aromatic nitrogens is 2. The average molecular weight is 397 g/mol. The molecule has 2 heterocycles. The molecule has 0 radical (unpaired) electrons. The summed E-state index contributed by atoms with van der Waals surface area (Å²) in [4.78, 5) is 20.7. The van der Waals surface area contributed by atoms with E-state index in [4.69, 9.17) is 4.98 Å². The van der Waals surface area contributed by atoms with Crippen LogP contribution in [0.5, 0.6) is 0 Å². The number of benzene rings is 1. The molecule has 1 amide bonds. The minimum absolute atomic E-state index is 0. The zero-order valence-electron chi connectivity index (χ0n) is 14.7. The van der Waals surface area contributed by atoms with Gasteiger partial charge in [-0.15, -0.1) is 24.8 Å².